The fourth-order valence-electron chi connectivity index (χ4n) is 8.83. The summed E-state index contributed by atoms with van der Waals surface area (Å²) in [6.45, 7) is 0. The van der Waals surface area contributed by atoms with E-state index in [0.29, 0.717) is 17.0 Å². The van der Waals surface area contributed by atoms with Crippen LogP contribution in [0.4, 0.5) is 0 Å². The van der Waals surface area contributed by atoms with E-state index in [9.17, 15) is 0 Å². The van der Waals surface area contributed by atoms with Gasteiger partial charge in [0.15, 0.2) is 17.5 Å². The molecule has 62 heavy (non-hydrogen) atoms. The molecule has 5 nitrogen and oxygen atoms in total. The Morgan fingerprint density at radius 1 is 0.323 bits per heavy atom. The molecule has 5 heteroatoms. The molecule has 0 aliphatic rings. The zero-order valence-electron chi connectivity index (χ0n) is 38.2. The highest BCUT2D eigenvalue weighted by atomic mass is 15.0. The minimum Gasteiger partial charge on any atom is -0.309 e. The predicted molar refractivity (Wildman–Crippen MR) is 256 cm³/mol. The van der Waals surface area contributed by atoms with Gasteiger partial charge in [-0.2, -0.15) is 0 Å². The predicted octanol–water partition coefficient (Wildman–Crippen LogP) is 14.4. The number of hydrogen-bond acceptors (Lipinski definition) is 3. The van der Waals surface area contributed by atoms with Crippen LogP contribution >= 0.6 is 0 Å². The molecule has 0 radical (unpaired) electrons. The van der Waals surface area contributed by atoms with Gasteiger partial charge in [-0.05, 0) is 59.2 Å². The average Bonchev–Trinajstić information content (AvgIpc) is 3.90. The smallest absolute Gasteiger partial charge is 0.164 e. The summed E-state index contributed by atoms with van der Waals surface area (Å²) in [5.41, 5.74) is 11.5. The second-order valence-electron chi connectivity index (χ2n) is 15.3. The molecule has 12 aromatic rings. The van der Waals surface area contributed by atoms with Crippen molar-refractivity contribution in [3.63, 3.8) is 0 Å². The summed E-state index contributed by atoms with van der Waals surface area (Å²) in [5.74, 6) is 0.566. The van der Waals surface area contributed by atoms with Gasteiger partial charge in [0.25, 0.3) is 0 Å². The molecule has 0 aliphatic carbocycles. The first-order valence-corrected chi connectivity index (χ1v) is 20.5. The lowest BCUT2D eigenvalue weighted by Crippen LogP contribution is -2.02. The minimum absolute atomic E-state index is 0.0210. The van der Waals surface area contributed by atoms with Gasteiger partial charge in [-0.15, -0.1) is 0 Å². The van der Waals surface area contributed by atoms with E-state index in [-0.39, 0.29) is 29.3 Å². The van der Waals surface area contributed by atoms with Gasteiger partial charge in [-0.1, -0.05) is 182 Å². The first kappa shape index (κ1) is 30.6. The molecule has 0 saturated carbocycles. The SMILES string of the molecule is [2H]c1c([2H])c([2H])c(-c2nc(-c3ccc(-c4ccccc4)cc3)nc(-c3ccc(-c4ccccc4)c(-n4c5ccccc5c5cc(-n6c7ccccc7c7ccccc76)ccc54)c3)n2)c([2H])c1[2H]. The minimum atomic E-state index is -0.487. The number of nitrogens with zero attached hydrogens (tertiary/aromatic N) is 5. The van der Waals surface area contributed by atoms with E-state index < -0.39 is 18.1 Å². The second kappa shape index (κ2) is 14.7. The van der Waals surface area contributed by atoms with Crippen LogP contribution in [0.3, 0.4) is 0 Å². The normalized spacial score (nSPS) is 12.7. The molecule has 3 heterocycles. The molecule has 0 unspecified atom stereocenters. The molecule has 0 aliphatic heterocycles. The third kappa shape index (κ3) is 5.98. The Hall–Kier alpha value is -8.41. The van der Waals surface area contributed by atoms with Gasteiger partial charge in [0.05, 0.1) is 34.6 Å². The second-order valence-corrected chi connectivity index (χ2v) is 15.3. The maximum absolute atomic E-state index is 8.91. The molecule has 0 bridgehead atoms. The van der Waals surface area contributed by atoms with Crippen LogP contribution in [0, 0.1) is 0 Å². The number of aromatic nitrogens is 5. The first-order chi connectivity index (χ1) is 32.8. The summed E-state index contributed by atoms with van der Waals surface area (Å²) in [6.07, 6.45) is 0. The van der Waals surface area contributed by atoms with E-state index in [1.54, 1.807) is 0 Å². The summed E-state index contributed by atoms with van der Waals surface area (Å²) in [5, 5.41) is 4.58. The number of fused-ring (bicyclic) bond motifs is 6. The quantitative estimate of drug-likeness (QED) is 0.161. The molecule has 3 aromatic heterocycles. The van der Waals surface area contributed by atoms with E-state index in [4.69, 9.17) is 21.8 Å². The topological polar surface area (TPSA) is 48.5 Å². The van der Waals surface area contributed by atoms with Crippen molar-refractivity contribution in [2.45, 2.75) is 0 Å². The zero-order chi connectivity index (χ0) is 45.3. The van der Waals surface area contributed by atoms with Crippen LogP contribution in [0.15, 0.2) is 224 Å². The lowest BCUT2D eigenvalue weighted by Gasteiger charge is -2.16. The van der Waals surface area contributed by atoms with E-state index in [0.717, 1.165) is 66.5 Å². The number of benzene rings is 9. The molecule has 0 amide bonds. The van der Waals surface area contributed by atoms with E-state index >= 15 is 0 Å². The fraction of sp³-hybridized carbons (Fsp3) is 0. The van der Waals surface area contributed by atoms with Crippen LogP contribution < -0.4 is 0 Å². The van der Waals surface area contributed by atoms with Crippen molar-refractivity contribution < 1.29 is 6.85 Å². The maximum Gasteiger partial charge on any atom is 0.164 e. The number of hydrogen-bond donors (Lipinski definition) is 0. The van der Waals surface area contributed by atoms with Gasteiger partial charge >= 0.3 is 0 Å². The standard InChI is InChI=1S/C57H37N5/c1-4-16-38(17-5-1)39-28-30-42(31-29-39)56-58-55(41-20-8-3-9-21-41)59-57(60-56)43-32-34-45(40-18-6-2-7-19-40)54(36-43)62-52-27-15-12-24-48(52)49-37-44(33-35-53(49)62)61-50-25-13-10-22-46(50)47-23-11-14-26-51(47)61/h1-37H/i3D,8D,9D,20D,21D. The largest absolute Gasteiger partial charge is 0.309 e. The molecule has 0 saturated heterocycles. The van der Waals surface area contributed by atoms with Crippen LogP contribution in [0.1, 0.15) is 6.85 Å². The van der Waals surface area contributed by atoms with Gasteiger partial charge in [-0.25, -0.2) is 15.0 Å². The van der Waals surface area contributed by atoms with Crippen molar-refractivity contribution >= 4 is 43.6 Å². The Kier molecular flexibility index (Phi) is 7.25. The van der Waals surface area contributed by atoms with Crippen molar-refractivity contribution in [3.05, 3.63) is 224 Å². The number of rotatable bonds is 7. The van der Waals surface area contributed by atoms with E-state index in [1.807, 2.05) is 78.9 Å². The fourth-order valence-corrected chi connectivity index (χ4v) is 8.83. The van der Waals surface area contributed by atoms with Gasteiger partial charge in [0.1, 0.15) is 0 Å². The van der Waals surface area contributed by atoms with E-state index in [2.05, 4.69) is 124 Å². The summed E-state index contributed by atoms with van der Waals surface area (Å²) in [7, 11) is 0. The van der Waals surface area contributed by atoms with Crippen molar-refractivity contribution in [3.8, 4) is 67.8 Å². The molecule has 0 N–H and O–H groups in total. The first-order valence-electron chi connectivity index (χ1n) is 23.0. The lowest BCUT2D eigenvalue weighted by atomic mass is 10.0. The third-order valence-corrected chi connectivity index (χ3v) is 11.7. The molecular formula is C57H37N5. The zero-order valence-corrected chi connectivity index (χ0v) is 33.2. The Morgan fingerprint density at radius 2 is 0.790 bits per heavy atom. The summed E-state index contributed by atoms with van der Waals surface area (Å²) in [4.78, 5) is 14.8. The monoisotopic (exact) mass is 796 g/mol. The average molecular weight is 797 g/mol. The Bertz CT molecular complexity index is 3840. The molecule has 0 spiro atoms. The summed E-state index contributed by atoms with van der Waals surface area (Å²) >= 11 is 0. The Morgan fingerprint density at radius 3 is 1.44 bits per heavy atom. The van der Waals surface area contributed by atoms with Crippen LogP contribution in [0.25, 0.3) is 111 Å². The molecule has 0 atom stereocenters. The summed E-state index contributed by atoms with van der Waals surface area (Å²) < 4.78 is 47.8. The van der Waals surface area contributed by atoms with Crippen molar-refractivity contribution in [2.24, 2.45) is 0 Å². The molecule has 290 valence electrons. The van der Waals surface area contributed by atoms with Crippen LogP contribution in [-0.2, 0) is 0 Å². The highest BCUT2D eigenvalue weighted by Crippen LogP contribution is 2.40. The Labute approximate surface area is 365 Å². The van der Waals surface area contributed by atoms with Gasteiger partial charge in [0.2, 0.25) is 0 Å². The molecular weight excluding hydrogens is 755 g/mol. The molecule has 0 fully saturated rings. The van der Waals surface area contributed by atoms with Gasteiger partial charge in [0, 0.05) is 49.5 Å². The highest BCUT2D eigenvalue weighted by Gasteiger charge is 2.20. The number of para-hydroxylation sites is 3. The maximum atomic E-state index is 8.91. The summed E-state index contributed by atoms with van der Waals surface area (Å²) in [6, 6.07) is 64.3. The van der Waals surface area contributed by atoms with Crippen molar-refractivity contribution in [2.75, 3.05) is 0 Å². The van der Waals surface area contributed by atoms with Crippen LogP contribution in [0.5, 0.6) is 0 Å². The third-order valence-electron chi connectivity index (χ3n) is 11.7. The highest BCUT2D eigenvalue weighted by molar-refractivity contribution is 6.12. The van der Waals surface area contributed by atoms with Gasteiger partial charge in [-0.3, -0.25) is 0 Å². The molecule has 12 rings (SSSR count). The Balaban J connectivity index is 1.09. The van der Waals surface area contributed by atoms with E-state index in [1.165, 1.54) is 10.8 Å². The van der Waals surface area contributed by atoms with Crippen LogP contribution in [0.2, 0.25) is 0 Å². The van der Waals surface area contributed by atoms with Crippen molar-refractivity contribution in [1.29, 1.82) is 0 Å². The lowest BCUT2D eigenvalue weighted by molar-refractivity contribution is 1.07. The van der Waals surface area contributed by atoms with Gasteiger partial charge < -0.3 is 9.13 Å². The van der Waals surface area contributed by atoms with Crippen LogP contribution in [-0.4, -0.2) is 24.1 Å². The van der Waals surface area contributed by atoms with Crippen molar-refractivity contribution in [1.82, 2.24) is 24.1 Å². The molecule has 9 aromatic carbocycles.